The van der Waals surface area contributed by atoms with Crippen LogP contribution in [0.2, 0.25) is 0 Å². The number of fused-ring (bicyclic) bond motifs is 1. The number of benzene rings is 1. The van der Waals surface area contributed by atoms with Crippen molar-refractivity contribution in [2.45, 2.75) is 18.9 Å². The van der Waals surface area contributed by atoms with Gasteiger partial charge in [0.2, 0.25) is 0 Å². The van der Waals surface area contributed by atoms with Gasteiger partial charge in [-0.25, -0.2) is 0 Å². The van der Waals surface area contributed by atoms with Gasteiger partial charge >= 0.3 is 0 Å². The molecule has 3 heteroatoms. The van der Waals surface area contributed by atoms with Gasteiger partial charge in [0.05, 0.1) is 6.61 Å². The number of nitrogens with zero attached hydrogens (tertiary/aromatic N) is 1. The lowest BCUT2D eigenvalue weighted by Gasteiger charge is -2.22. The van der Waals surface area contributed by atoms with Gasteiger partial charge in [0.25, 0.3) is 0 Å². The van der Waals surface area contributed by atoms with Crippen molar-refractivity contribution >= 4 is 0 Å². The Kier molecular flexibility index (Phi) is 2.99. The second kappa shape index (κ2) is 4.78. The molecule has 92 valence electrons. The van der Waals surface area contributed by atoms with Gasteiger partial charge in [0, 0.05) is 18.0 Å². The summed E-state index contributed by atoms with van der Waals surface area (Å²) in [5.41, 5.74) is 2.87. The van der Waals surface area contributed by atoms with E-state index in [1.165, 1.54) is 5.56 Å². The van der Waals surface area contributed by atoms with Gasteiger partial charge in [-0.3, -0.25) is 4.98 Å². The number of aliphatic hydroxyl groups excluding tert-OH is 1. The zero-order valence-corrected chi connectivity index (χ0v) is 10.0. The normalized spacial score (nSPS) is 15.6. The number of aromatic nitrogens is 1. The van der Waals surface area contributed by atoms with Crippen LogP contribution in [0.15, 0.2) is 42.7 Å². The predicted molar refractivity (Wildman–Crippen MR) is 68.6 cm³/mol. The molecule has 3 nitrogen and oxygen atoms in total. The first-order valence-corrected chi connectivity index (χ1v) is 6.19. The van der Waals surface area contributed by atoms with E-state index in [0.717, 1.165) is 36.3 Å². The lowest BCUT2D eigenvalue weighted by atomic mass is 9.96. The monoisotopic (exact) mass is 241 g/mol. The highest BCUT2D eigenvalue weighted by molar-refractivity contribution is 5.46. The average molecular weight is 241 g/mol. The van der Waals surface area contributed by atoms with Crippen molar-refractivity contribution in [1.29, 1.82) is 0 Å². The molecule has 0 radical (unpaired) electrons. The van der Waals surface area contributed by atoms with E-state index in [9.17, 15) is 5.11 Å². The summed E-state index contributed by atoms with van der Waals surface area (Å²) in [6, 6.07) is 9.62. The number of rotatable bonds is 2. The standard InChI is InChI=1S/C15H15NO2/c17-14(11-6-8-16-9-7-11)13-5-1-3-12-4-2-10-18-15(12)13/h1,3,5-9,14,17H,2,4,10H2. The molecule has 0 amide bonds. The fraction of sp³-hybridized carbons (Fsp3) is 0.267. The van der Waals surface area contributed by atoms with E-state index in [2.05, 4.69) is 11.1 Å². The van der Waals surface area contributed by atoms with E-state index >= 15 is 0 Å². The predicted octanol–water partition coefficient (Wildman–Crippen LogP) is 2.49. The van der Waals surface area contributed by atoms with Crippen LogP contribution >= 0.6 is 0 Å². The zero-order chi connectivity index (χ0) is 12.4. The summed E-state index contributed by atoms with van der Waals surface area (Å²) in [5.74, 6) is 0.855. The maximum Gasteiger partial charge on any atom is 0.128 e. The number of pyridine rings is 1. The van der Waals surface area contributed by atoms with Crippen LogP contribution in [-0.4, -0.2) is 16.7 Å². The molecule has 2 heterocycles. The third-order valence-electron chi connectivity index (χ3n) is 3.28. The van der Waals surface area contributed by atoms with Gasteiger partial charge in [-0.2, -0.15) is 0 Å². The topological polar surface area (TPSA) is 42.4 Å². The number of hydrogen-bond donors (Lipinski definition) is 1. The minimum atomic E-state index is -0.652. The van der Waals surface area contributed by atoms with Crippen molar-refractivity contribution < 1.29 is 9.84 Å². The minimum Gasteiger partial charge on any atom is -0.493 e. The van der Waals surface area contributed by atoms with Gasteiger partial charge in [0.15, 0.2) is 0 Å². The molecular weight excluding hydrogens is 226 g/mol. The quantitative estimate of drug-likeness (QED) is 0.878. The fourth-order valence-electron chi connectivity index (χ4n) is 2.36. The van der Waals surface area contributed by atoms with Crippen molar-refractivity contribution in [2.24, 2.45) is 0 Å². The van der Waals surface area contributed by atoms with E-state index in [0.29, 0.717) is 0 Å². The van der Waals surface area contributed by atoms with Gasteiger partial charge < -0.3 is 9.84 Å². The van der Waals surface area contributed by atoms with Crippen molar-refractivity contribution in [1.82, 2.24) is 4.98 Å². The Morgan fingerprint density at radius 2 is 2.00 bits per heavy atom. The van der Waals surface area contributed by atoms with Gasteiger partial charge in [0.1, 0.15) is 11.9 Å². The first-order valence-electron chi connectivity index (χ1n) is 6.19. The van der Waals surface area contributed by atoms with Crippen LogP contribution in [0.25, 0.3) is 0 Å². The molecule has 0 spiro atoms. The Bertz CT molecular complexity index is 539. The second-order valence-corrected chi connectivity index (χ2v) is 4.47. The molecular formula is C15H15NO2. The maximum absolute atomic E-state index is 10.4. The molecule has 0 fully saturated rings. The summed E-state index contributed by atoms with van der Waals surface area (Å²) >= 11 is 0. The molecule has 1 unspecified atom stereocenters. The third kappa shape index (κ3) is 1.97. The molecule has 0 aliphatic carbocycles. The largest absolute Gasteiger partial charge is 0.493 e. The highest BCUT2D eigenvalue weighted by Gasteiger charge is 2.20. The van der Waals surface area contributed by atoms with Crippen LogP contribution in [-0.2, 0) is 6.42 Å². The van der Waals surface area contributed by atoms with Gasteiger partial charge in [-0.15, -0.1) is 0 Å². The van der Waals surface area contributed by atoms with Crippen molar-refractivity contribution in [3.8, 4) is 5.75 Å². The van der Waals surface area contributed by atoms with Crippen LogP contribution in [0.5, 0.6) is 5.75 Å². The molecule has 0 saturated heterocycles. The number of hydrogen-bond acceptors (Lipinski definition) is 3. The molecule has 0 saturated carbocycles. The highest BCUT2D eigenvalue weighted by atomic mass is 16.5. The second-order valence-electron chi connectivity index (χ2n) is 4.47. The number of ether oxygens (including phenoxy) is 1. The van der Waals surface area contributed by atoms with E-state index in [1.54, 1.807) is 12.4 Å². The average Bonchev–Trinajstić information content (AvgIpc) is 2.47. The molecule has 1 aromatic carbocycles. The number of aliphatic hydroxyl groups is 1. The summed E-state index contributed by atoms with van der Waals surface area (Å²) in [4.78, 5) is 3.97. The molecule has 3 rings (SSSR count). The molecule has 1 atom stereocenters. The number of para-hydroxylation sites is 1. The van der Waals surface area contributed by atoms with Crippen LogP contribution < -0.4 is 4.74 Å². The van der Waals surface area contributed by atoms with E-state index in [4.69, 9.17) is 4.74 Å². The maximum atomic E-state index is 10.4. The number of aryl methyl sites for hydroxylation is 1. The lowest BCUT2D eigenvalue weighted by molar-refractivity contribution is 0.206. The molecule has 1 N–H and O–H groups in total. The Balaban J connectivity index is 2.02. The van der Waals surface area contributed by atoms with E-state index in [-0.39, 0.29) is 0 Å². The first kappa shape index (κ1) is 11.2. The highest BCUT2D eigenvalue weighted by Crippen LogP contribution is 2.35. The Hall–Kier alpha value is -1.87. The zero-order valence-electron chi connectivity index (χ0n) is 10.0. The van der Waals surface area contributed by atoms with Gasteiger partial charge in [-0.1, -0.05) is 18.2 Å². The summed E-state index contributed by atoms with van der Waals surface area (Å²) in [5, 5.41) is 10.4. The third-order valence-corrected chi connectivity index (χ3v) is 3.28. The molecule has 1 aromatic heterocycles. The fourth-order valence-corrected chi connectivity index (χ4v) is 2.36. The van der Waals surface area contributed by atoms with Crippen molar-refractivity contribution in [3.05, 3.63) is 59.4 Å². The molecule has 0 bridgehead atoms. The van der Waals surface area contributed by atoms with E-state index < -0.39 is 6.10 Å². The smallest absolute Gasteiger partial charge is 0.128 e. The summed E-state index contributed by atoms with van der Waals surface area (Å²) in [6.07, 6.45) is 4.79. The lowest BCUT2D eigenvalue weighted by Crippen LogP contribution is -2.12. The molecule has 1 aliphatic rings. The summed E-state index contributed by atoms with van der Waals surface area (Å²) in [6.45, 7) is 0.729. The molecule has 1 aliphatic heterocycles. The van der Waals surface area contributed by atoms with Crippen LogP contribution in [0, 0.1) is 0 Å². The van der Waals surface area contributed by atoms with E-state index in [1.807, 2.05) is 24.3 Å². The Morgan fingerprint density at radius 3 is 2.83 bits per heavy atom. The Labute approximate surface area is 106 Å². The van der Waals surface area contributed by atoms with Gasteiger partial charge in [-0.05, 0) is 36.1 Å². The molecule has 2 aromatic rings. The summed E-state index contributed by atoms with van der Waals surface area (Å²) in [7, 11) is 0. The SMILES string of the molecule is OC(c1ccncc1)c1cccc2c1OCCC2. The first-order chi connectivity index (χ1) is 8.86. The minimum absolute atomic E-state index is 0.652. The van der Waals surface area contributed by atoms with Crippen LogP contribution in [0.1, 0.15) is 29.2 Å². The summed E-state index contributed by atoms with van der Waals surface area (Å²) < 4.78 is 5.72. The van der Waals surface area contributed by atoms with Crippen LogP contribution in [0.3, 0.4) is 0 Å². The Morgan fingerprint density at radius 1 is 1.17 bits per heavy atom. The van der Waals surface area contributed by atoms with Crippen molar-refractivity contribution in [3.63, 3.8) is 0 Å². The van der Waals surface area contributed by atoms with Crippen LogP contribution in [0.4, 0.5) is 0 Å². The van der Waals surface area contributed by atoms with Crippen molar-refractivity contribution in [2.75, 3.05) is 6.61 Å². The molecule has 18 heavy (non-hydrogen) atoms.